The van der Waals surface area contributed by atoms with Crippen molar-refractivity contribution in [3.05, 3.63) is 24.3 Å². The van der Waals surface area contributed by atoms with E-state index in [1.807, 2.05) is 24.3 Å². The fourth-order valence-corrected chi connectivity index (χ4v) is 3.14. The molecule has 1 aromatic carbocycles. The van der Waals surface area contributed by atoms with Gasteiger partial charge < -0.3 is 10.6 Å². The van der Waals surface area contributed by atoms with Crippen molar-refractivity contribution >= 4 is 40.4 Å². The number of hydrogen-bond acceptors (Lipinski definition) is 3. The lowest BCUT2D eigenvalue weighted by molar-refractivity contribution is -0.119. The van der Waals surface area contributed by atoms with Gasteiger partial charge in [0, 0.05) is 6.04 Å². The van der Waals surface area contributed by atoms with Crippen molar-refractivity contribution in [1.29, 1.82) is 0 Å². The summed E-state index contributed by atoms with van der Waals surface area (Å²) in [5.74, 6) is 0.527. The lowest BCUT2D eigenvalue weighted by Gasteiger charge is -2.24. The molecule has 1 aliphatic carbocycles. The standard InChI is InChI=1S/C16H21N5OS/c22-15-10-14(20-21-15)18-12-8-4-5-9-13(12)19-16(23)17-11-6-2-1-3-7-11/h4-5,8-9,11H,1-3,6-7,10H2,(H,18,20)(H,21,22)(H2,17,19,23). The quantitative estimate of drug-likeness (QED) is 0.640. The first kappa shape index (κ1) is 15.7. The third kappa shape index (κ3) is 4.41. The van der Waals surface area contributed by atoms with E-state index in [1.54, 1.807) is 0 Å². The van der Waals surface area contributed by atoms with E-state index in [9.17, 15) is 4.79 Å². The summed E-state index contributed by atoms with van der Waals surface area (Å²) in [6.45, 7) is 0. The Kier molecular flexibility index (Phi) is 5.07. The Morgan fingerprint density at radius 3 is 2.70 bits per heavy atom. The molecule has 1 aromatic rings. The Hall–Kier alpha value is -2.15. The normalized spacial score (nSPS) is 20.0. The topological polar surface area (TPSA) is 77.5 Å². The van der Waals surface area contributed by atoms with Gasteiger partial charge in [-0.1, -0.05) is 31.4 Å². The summed E-state index contributed by atoms with van der Waals surface area (Å²) in [6.07, 6.45) is 6.44. The monoisotopic (exact) mass is 331 g/mol. The molecular weight excluding hydrogens is 310 g/mol. The summed E-state index contributed by atoms with van der Waals surface area (Å²) in [7, 11) is 0. The van der Waals surface area contributed by atoms with Crippen LogP contribution < -0.4 is 21.5 Å². The summed E-state index contributed by atoms with van der Waals surface area (Å²) in [6, 6.07) is 8.12. The lowest BCUT2D eigenvalue weighted by atomic mass is 9.96. The zero-order chi connectivity index (χ0) is 16.1. The highest BCUT2D eigenvalue weighted by molar-refractivity contribution is 7.80. The number of anilines is 1. The molecule has 1 saturated heterocycles. The number of nitrogens with zero attached hydrogens (tertiary/aromatic N) is 1. The molecule has 4 N–H and O–H groups in total. The second kappa shape index (κ2) is 7.41. The van der Waals surface area contributed by atoms with Crippen LogP contribution in [0.3, 0.4) is 0 Å². The van der Waals surface area contributed by atoms with Crippen molar-refractivity contribution in [3.8, 4) is 0 Å². The molecule has 122 valence electrons. The third-order valence-corrected chi connectivity index (χ3v) is 4.24. The molecule has 3 rings (SSSR count). The second-order valence-electron chi connectivity index (χ2n) is 5.86. The number of aliphatic imine (C=N–C) groups is 1. The maximum Gasteiger partial charge on any atom is 0.245 e. The molecule has 2 aliphatic rings. The van der Waals surface area contributed by atoms with Crippen molar-refractivity contribution in [3.63, 3.8) is 0 Å². The van der Waals surface area contributed by atoms with Crippen LogP contribution in [0.2, 0.25) is 0 Å². The van der Waals surface area contributed by atoms with E-state index < -0.39 is 0 Å². The molecule has 0 atom stereocenters. The van der Waals surface area contributed by atoms with Gasteiger partial charge in [0.1, 0.15) is 5.84 Å². The average Bonchev–Trinajstić information content (AvgIpc) is 2.95. The lowest BCUT2D eigenvalue weighted by Crippen LogP contribution is -2.38. The molecular formula is C16H21N5OS. The van der Waals surface area contributed by atoms with Crippen molar-refractivity contribution in [1.82, 2.24) is 16.2 Å². The summed E-state index contributed by atoms with van der Waals surface area (Å²) in [5.41, 5.74) is 6.88. The molecule has 7 heteroatoms. The summed E-state index contributed by atoms with van der Waals surface area (Å²) in [5, 5.41) is 7.23. The molecule has 0 bridgehead atoms. The minimum absolute atomic E-state index is 0.0799. The highest BCUT2D eigenvalue weighted by Crippen LogP contribution is 2.25. The minimum Gasteiger partial charge on any atom is -0.360 e. The van der Waals surface area contributed by atoms with Crippen molar-refractivity contribution in [2.24, 2.45) is 4.99 Å². The molecule has 23 heavy (non-hydrogen) atoms. The van der Waals surface area contributed by atoms with E-state index in [2.05, 4.69) is 26.5 Å². The Morgan fingerprint density at radius 1 is 1.17 bits per heavy atom. The predicted octanol–water partition coefficient (Wildman–Crippen LogP) is 2.36. The van der Waals surface area contributed by atoms with Crippen LogP contribution in [-0.2, 0) is 4.79 Å². The van der Waals surface area contributed by atoms with E-state index >= 15 is 0 Å². The van der Waals surface area contributed by atoms with Gasteiger partial charge in [0.2, 0.25) is 5.91 Å². The summed E-state index contributed by atoms with van der Waals surface area (Å²) >= 11 is 5.43. The molecule has 0 unspecified atom stereocenters. The Labute approximate surface area is 141 Å². The van der Waals surface area contributed by atoms with Gasteiger partial charge in [-0.15, -0.1) is 0 Å². The first-order valence-electron chi connectivity index (χ1n) is 8.00. The zero-order valence-corrected chi connectivity index (χ0v) is 13.7. The number of nitrogens with one attached hydrogen (secondary N) is 4. The van der Waals surface area contributed by atoms with Crippen LogP contribution in [0.1, 0.15) is 38.5 Å². The van der Waals surface area contributed by atoms with Crippen molar-refractivity contribution in [2.75, 3.05) is 5.32 Å². The van der Waals surface area contributed by atoms with Crippen molar-refractivity contribution < 1.29 is 4.79 Å². The zero-order valence-electron chi connectivity index (χ0n) is 12.9. The number of thiocarbonyl (C=S) groups is 1. The van der Waals surface area contributed by atoms with E-state index in [0.717, 1.165) is 11.4 Å². The molecule has 0 radical (unpaired) electrons. The molecule has 6 nitrogen and oxygen atoms in total. The van der Waals surface area contributed by atoms with Crippen molar-refractivity contribution in [2.45, 2.75) is 44.6 Å². The fraction of sp³-hybridized carbons (Fsp3) is 0.438. The van der Waals surface area contributed by atoms with E-state index in [0.29, 0.717) is 17.0 Å². The number of hydrogen-bond donors (Lipinski definition) is 4. The van der Waals surface area contributed by atoms with Gasteiger partial charge in [-0.05, 0) is 37.2 Å². The van der Waals surface area contributed by atoms with Gasteiger partial charge >= 0.3 is 0 Å². The van der Waals surface area contributed by atoms with Crippen LogP contribution in [0.4, 0.5) is 11.4 Å². The minimum atomic E-state index is -0.0799. The Morgan fingerprint density at radius 2 is 1.96 bits per heavy atom. The maximum atomic E-state index is 11.2. The summed E-state index contributed by atoms with van der Waals surface area (Å²) < 4.78 is 0. The van der Waals surface area contributed by atoms with Gasteiger partial charge in [-0.25, -0.2) is 4.99 Å². The molecule has 0 spiro atoms. The van der Waals surface area contributed by atoms with Crippen LogP contribution in [0.25, 0.3) is 0 Å². The van der Waals surface area contributed by atoms with Crippen LogP contribution >= 0.6 is 12.2 Å². The number of amidine groups is 1. The highest BCUT2D eigenvalue weighted by atomic mass is 32.1. The van der Waals surface area contributed by atoms with Gasteiger partial charge in [0.05, 0.1) is 17.8 Å². The number of carbonyl (C=O) groups is 1. The van der Waals surface area contributed by atoms with E-state index in [1.165, 1.54) is 32.1 Å². The van der Waals surface area contributed by atoms with Crippen LogP contribution in [0.15, 0.2) is 29.3 Å². The highest BCUT2D eigenvalue weighted by Gasteiger charge is 2.17. The Balaban J connectivity index is 1.65. The van der Waals surface area contributed by atoms with Crippen LogP contribution in [0.5, 0.6) is 0 Å². The predicted molar refractivity (Wildman–Crippen MR) is 95.7 cm³/mol. The second-order valence-corrected chi connectivity index (χ2v) is 6.27. The number of hydrazine groups is 1. The van der Waals surface area contributed by atoms with Crippen LogP contribution in [0, 0.1) is 0 Å². The first-order chi connectivity index (χ1) is 11.2. The van der Waals surface area contributed by atoms with Crippen LogP contribution in [-0.4, -0.2) is 22.9 Å². The third-order valence-electron chi connectivity index (χ3n) is 4.02. The molecule has 1 amide bonds. The fourth-order valence-electron chi connectivity index (χ4n) is 2.86. The number of amides is 1. The average molecular weight is 331 g/mol. The van der Waals surface area contributed by atoms with Gasteiger partial charge in [-0.2, -0.15) is 0 Å². The van der Waals surface area contributed by atoms with Gasteiger partial charge in [-0.3, -0.25) is 15.6 Å². The van der Waals surface area contributed by atoms with Gasteiger partial charge in [0.25, 0.3) is 0 Å². The molecule has 2 fully saturated rings. The molecule has 1 heterocycles. The first-order valence-corrected chi connectivity index (χ1v) is 8.40. The largest absolute Gasteiger partial charge is 0.360 e. The maximum absolute atomic E-state index is 11.2. The van der Waals surface area contributed by atoms with E-state index in [-0.39, 0.29) is 12.3 Å². The summed E-state index contributed by atoms with van der Waals surface area (Å²) in [4.78, 5) is 15.7. The molecule has 0 aromatic heterocycles. The van der Waals surface area contributed by atoms with E-state index in [4.69, 9.17) is 12.2 Å². The number of benzene rings is 1. The Bertz CT molecular complexity index is 625. The van der Waals surface area contributed by atoms with Gasteiger partial charge in [0.15, 0.2) is 5.11 Å². The molecule has 1 saturated carbocycles. The smallest absolute Gasteiger partial charge is 0.245 e. The SMILES string of the molecule is O=C1CC(=Nc2ccccc2NC(=S)NC2CCCCC2)NN1. The molecule has 1 aliphatic heterocycles. The number of para-hydroxylation sites is 2. The number of rotatable bonds is 3. The number of carbonyl (C=O) groups excluding carboxylic acids is 1.